The predicted molar refractivity (Wildman–Crippen MR) is 83.3 cm³/mol. The first-order valence-electron chi connectivity index (χ1n) is 7.03. The Balaban J connectivity index is 2.42. The lowest BCUT2D eigenvalue weighted by atomic mass is 9.99. The summed E-state index contributed by atoms with van der Waals surface area (Å²) in [7, 11) is 1.63. The third-order valence-electron chi connectivity index (χ3n) is 4.14. The van der Waals surface area contributed by atoms with Crippen molar-refractivity contribution < 1.29 is 13.2 Å². The highest BCUT2D eigenvalue weighted by molar-refractivity contribution is 8.13. The highest BCUT2D eigenvalue weighted by Gasteiger charge is 2.37. The van der Waals surface area contributed by atoms with Gasteiger partial charge in [0, 0.05) is 22.3 Å². The van der Waals surface area contributed by atoms with Gasteiger partial charge in [0.15, 0.2) is 0 Å². The van der Waals surface area contributed by atoms with Crippen molar-refractivity contribution in [1.29, 1.82) is 0 Å². The maximum atomic E-state index is 12.4. The number of amides is 1. The number of hydrogen-bond acceptors (Lipinski definition) is 3. The first kappa shape index (κ1) is 16.3. The van der Waals surface area contributed by atoms with Crippen LogP contribution in [0.5, 0.6) is 0 Å². The summed E-state index contributed by atoms with van der Waals surface area (Å²) in [5.74, 6) is 0.323. The molecule has 0 bridgehead atoms. The van der Waals surface area contributed by atoms with E-state index < -0.39 is 9.05 Å². The van der Waals surface area contributed by atoms with Crippen molar-refractivity contribution in [3.8, 4) is 0 Å². The number of halogens is 1. The number of benzene rings is 1. The molecule has 116 valence electrons. The minimum absolute atomic E-state index is 0.0442. The highest BCUT2D eigenvalue weighted by Crippen LogP contribution is 2.34. The van der Waals surface area contributed by atoms with Gasteiger partial charge in [0.25, 0.3) is 15.0 Å². The van der Waals surface area contributed by atoms with Crippen LogP contribution in [-0.4, -0.2) is 20.4 Å². The van der Waals surface area contributed by atoms with E-state index in [2.05, 4.69) is 12.2 Å². The van der Waals surface area contributed by atoms with Crippen molar-refractivity contribution in [1.82, 2.24) is 5.32 Å². The molecule has 1 aliphatic rings. The first-order valence-corrected chi connectivity index (χ1v) is 9.34. The minimum Gasteiger partial charge on any atom is -0.349 e. The second-order valence-corrected chi connectivity index (χ2v) is 8.26. The van der Waals surface area contributed by atoms with Crippen LogP contribution in [0, 0.1) is 26.7 Å². The number of rotatable bonds is 4. The van der Waals surface area contributed by atoms with E-state index in [-0.39, 0.29) is 16.8 Å². The lowest BCUT2D eigenvalue weighted by molar-refractivity contribution is 0.0947. The standard InChI is InChI=1S/C15H20ClNO3S/c1-5-11-7-12(11)17-15(18)13-8(2)6-9(3)14(10(13)4)21(16,19)20/h6,11-12H,5,7H2,1-4H3,(H,17,18). The van der Waals surface area contributed by atoms with Crippen molar-refractivity contribution in [2.24, 2.45) is 5.92 Å². The molecule has 6 heteroatoms. The van der Waals surface area contributed by atoms with Crippen molar-refractivity contribution in [2.45, 2.75) is 51.5 Å². The smallest absolute Gasteiger partial charge is 0.261 e. The number of aryl methyl sites for hydroxylation is 2. The molecule has 2 unspecified atom stereocenters. The van der Waals surface area contributed by atoms with Crippen LogP contribution >= 0.6 is 10.7 Å². The second-order valence-electron chi connectivity index (χ2n) is 5.76. The van der Waals surface area contributed by atoms with E-state index in [1.165, 1.54) is 0 Å². The van der Waals surface area contributed by atoms with Gasteiger partial charge >= 0.3 is 0 Å². The van der Waals surface area contributed by atoms with E-state index in [0.717, 1.165) is 18.4 Å². The molecule has 1 aromatic carbocycles. The predicted octanol–water partition coefficient (Wildman–Crippen LogP) is 3.07. The van der Waals surface area contributed by atoms with E-state index in [0.29, 0.717) is 22.6 Å². The van der Waals surface area contributed by atoms with Gasteiger partial charge in [0.05, 0.1) is 4.90 Å². The van der Waals surface area contributed by atoms with Gasteiger partial charge in [-0.2, -0.15) is 0 Å². The highest BCUT2D eigenvalue weighted by atomic mass is 35.7. The SMILES string of the molecule is CCC1CC1NC(=O)c1c(C)cc(C)c(S(=O)(=O)Cl)c1C. The third kappa shape index (κ3) is 3.24. The largest absolute Gasteiger partial charge is 0.349 e. The minimum atomic E-state index is -3.87. The average molecular weight is 330 g/mol. The fraction of sp³-hybridized carbons (Fsp3) is 0.533. The lowest BCUT2D eigenvalue weighted by Crippen LogP contribution is -2.28. The molecule has 0 aliphatic heterocycles. The Hall–Kier alpha value is -1.07. The fourth-order valence-electron chi connectivity index (χ4n) is 3.01. The number of carbonyl (C=O) groups excluding carboxylic acids is 1. The molecule has 21 heavy (non-hydrogen) atoms. The molecule has 4 nitrogen and oxygen atoms in total. The van der Waals surface area contributed by atoms with Crippen LogP contribution in [-0.2, 0) is 9.05 Å². The third-order valence-corrected chi connectivity index (χ3v) is 5.71. The fourth-order valence-corrected chi connectivity index (χ4v) is 4.63. The van der Waals surface area contributed by atoms with Crippen molar-refractivity contribution in [2.75, 3.05) is 0 Å². The number of hydrogen-bond donors (Lipinski definition) is 1. The topological polar surface area (TPSA) is 63.2 Å². The van der Waals surface area contributed by atoms with Crippen LogP contribution in [0.4, 0.5) is 0 Å². The summed E-state index contributed by atoms with van der Waals surface area (Å²) < 4.78 is 23.5. The molecule has 2 atom stereocenters. The van der Waals surface area contributed by atoms with Gasteiger partial charge in [0.2, 0.25) is 0 Å². The molecule has 0 aromatic heterocycles. The van der Waals surface area contributed by atoms with Gasteiger partial charge in [-0.3, -0.25) is 4.79 Å². The van der Waals surface area contributed by atoms with Crippen molar-refractivity contribution in [3.63, 3.8) is 0 Å². The number of carbonyl (C=O) groups is 1. The molecule has 1 aliphatic carbocycles. The zero-order chi connectivity index (χ0) is 15.9. The Morgan fingerprint density at radius 1 is 1.33 bits per heavy atom. The molecule has 0 saturated heterocycles. The monoisotopic (exact) mass is 329 g/mol. The molecular weight excluding hydrogens is 310 g/mol. The van der Waals surface area contributed by atoms with E-state index >= 15 is 0 Å². The Bertz CT molecular complexity index is 697. The van der Waals surface area contributed by atoms with Crippen LogP contribution in [0.1, 0.15) is 46.8 Å². The second kappa shape index (κ2) is 5.61. The molecular formula is C15H20ClNO3S. The Kier molecular flexibility index (Phi) is 4.36. The van der Waals surface area contributed by atoms with Crippen LogP contribution in [0.25, 0.3) is 0 Å². The van der Waals surface area contributed by atoms with Gasteiger partial charge in [-0.25, -0.2) is 8.42 Å². The lowest BCUT2D eigenvalue weighted by Gasteiger charge is -2.15. The Morgan fingerprint density at radius 3 is 2.43 bits per heavy atom. The summed E-state index contributed by atoms with van der Waals surface area (Å²) in [5, 5.41) is 2.97. The molecule has 0 heterocycles. The zero-order valence-electron chi connectivity index (χ0n) is 12.7. The molecule has 1 saturated carbocycles. The van der Waals surface area contributed by atoms with Crippen LogP contribution < -0.4 is 5.32 Å². The quantitative estimate of drug-likeness (QED) is 0.863. The molecule has 1 fully saturated rings. The molecule has 1 aromatic rings. The summed E-state index contributed by atoms with van der Waals surface area (Å²) in [5.41, 5.74) is 2.17. The van der Waals surface area contributed by atoms with Crippen LogP contribution in [0.15, 0.2) is 11.0 Å². The zero-order valence-corrected chi connectivity index (χ0v) is 14.2. The summed E-state index contributed by atoms with van der Waals surface area (Å²) in [4.78, 5) is 12.5. The Labute approximate surface area is 130 Å². The molecule has 0 spiro atoms. The van der Waals surface area contributed by atoms with Gasteiger partial charge in [-0.1, -0.05) is 19.4 Å². The van der Waals surface area contributed by atoms with E-state index in [1.54, 1.807) is 19.9 Å². The van der Waals surface area contributed by atoms with Gasteiger partial charge < -0.3 is 5.32 Å². The van der Waals surface area contributed by atoms with E-state index in [9.17, 15) is 13.2 Å². The maximum absolute atomic E-state index is 12.4. The Morgan fingerprint density at radius 2 is 1.95 bits per heavy atom. The molecule has 0 radical (unpaired) electrons. The summed E-state index contributed by atoms with van der Waals surface area (Å²) in [6.45, 7) is 7.22. The van der Waals surface area contributed by atoms with Crippen molar-refractivity contribution >= 4 is 25.6 Å². The normalized spacial score (nSPS) is 21.2. The van der Waals surface area contributed by atoms with E-state index in [1.807, 2.05) is 6.92 Å². The first-order chi connectivity index (χ1) is 9.66. The van der Waals surface area contributed by atoms with Crippen LogP contribution in [0.2, 0.25) is 0 Å². The summed E-state index contributed by atoms with van der Waals surface area (Å²) >= 11 is 0. The molecule has 1 N–H and O–H groups in total. The van der Waals surface area contributed by atoms with Crippen LogP contribution in [0.3, 0.4) is 0 Å². The molecule has 2 rings (SSSR count). The molecule has 1 amide bonds. The summed E-state index contributed by atoms with van der Waals surface area (Å²) in [6, 6.07) is 1.90. The maximum Gasteiger partial charge on any atom is 0.261 e. The van der Waals surface area contributed by atoms with Gasteiger partial charge in [0.1, 0.15) is 0 Å². The van der Waals surface area contributed by atoms with Crippen molar-refractivity contribution in [3.05, 3.63) is 28.3 Å². The van der Waals surface area contributed by atoms with Gasteiger partial charge in [-0.15, -0.1) is 0 Å². The summed E-state index contributed by atoms with van der Waals surface area (Å²) in [6.07, 6.45) is 2.03. The van der Waals surface area contributed by atoms with Gasteiger partial charge in [-0.05, 0) is 49.8 Å². The number of nitrogens with one attached hydrogen (secondary N) is 1. The van der Waals surface area contributed by atoms with E-state index in [4.69, 9.17) is 10.7 Å². The average Bonchev–Trinajstić information content (AvgIpc) is 3.04.